The van der Waals surface area contributed by atoms with Crippen LogP contribution in [-0.4, -0.2) is 24.3 Å². The Morgan fingerprint density at radius 3 is 3.00 bits per heavy atom. The maximum Gasteiger partial charge on any atom is 0.165 e. The molecule has 1 fully saturated rings. The Balaban J connectivity index is 1.66. The predicted octanol–water partition coefficient (Wildman–Crippen LogP) is 2.42. The first-order chi connectivity index (χ1) is 9.57. The monoisotopic (exact) mass is 272 g/mol. The standard InChI is InChI=1S/C16H20N2O2/c1-16(2)8-11-4-3-5-14(15(11)20-16)19-10-13(9-17)18-12-6-7-12/h3-5,12-13,18H,6-8,10H2,1-2H3. The van der Waals surface area contributed by atoms with Gasteiger partial charge in [0.1, 0.15) is 18.2 Å². The quantitative estimate of drug-likeness (QED) is 0.894. The summed E-state index contributed by atoms with van der Waals surface area (Å²) >= 11 is 0. The highest BCUT2D eigenvalue weighted by Crippen LogP contribution is 2.41. The molecule has 1 N–H and O–H groups in total. The van der Waals surface area contributed by atoms with Crippen LogP contribution < -0.4 is 14.8 Å². The van der Waals surface area contributed by atoms with E-state index in [0.717, 1.165) is 30.8 Å². The first-order valence-electron chi connectivity index (χ1n) is 7.17. The number of rotatable bonds is 5. The van der Waals surface area contributed by atoms with Crippen molar-refractivity contribution in [2.45, 2.75) is 50.8 Å². The molecule has 1 unspecified atom stereocenters. The van der Waals surface area contributed by atoms with Gasteiger partial charge in [-0.15, -0.1) is 0 Å². The molecule has 0 spiro atoms. The van der Waals surface area contributed by atoms with Crippen LogP contribution >= 0.6 is 0 Å². The normalized spacial score (nSPS) is 20.6. The highest BCUT2D eigenvalue weighted by Gasteiger charge is 2.32. The van der Waals surface area contributed by atoms with Crippen molar-refractivity contribution in [2.75, 3.05) is 6.61 Å². The molecule has 1 atom stereocenters. The number of fused-ring (bicyclic) bond motifs is 1. The van der Waals surface area contributed by atoms with E-state index < -0.39 is 0 Å². The van der Waals surface area contributed by atoms with Crippen molar-refractivity contribution >= 4 is 0 Å². The van der Waals surface area contributed by atoms with Crippen LogP contribution in [0.1, 0.15) is 32.3 Å². The first-order valence-corrected chi connectivity index (χ1v) is 7.17. The van der Waals surface area contributed by atoms with E-state index >= 15 is 0 Å². The van der Waals surface area contributed by atoms with Gasteiger partial charge in [-0.25, -0.2) is 0 Å². The number of hydrogen-bond donors (Lipinski definition) is 1. The fraction of sp³-hybridized carbons (Fsp3) is 0.562. The van der Waals surface area contributed by atoms with Crippen molar-refractivity contribution in [1.82, 2.24) is 5.32 Å². The molecule has 2 aliphatic rings. The molecule has 1 aliphatic heterocycles. The van der Waals surface area contributed by atoms with Crippen LogP contribution in [0.25, 0.3) is 0 Å². The largest absolute Gasteiger partial charge is 0.487 e. The van der Waals surface area contributed by atoms with Crippen molar-refractivity contribution in [3.05, 3.63) is 23.8 Å². The summed E-state index contributed by atoms with van der Waals surface area (Å²) in [6, 6.07) is 8.45. The van der Waals surface area contributed by atoms with Gasteiger partial charge in [-0.1, -0.05) is 12.1 Å². The molecule has 0 amide bonds. The maximum absolute atomic E-state index is 9.13. The van der Waals surface area contributed by atoms with Crippen LogP contribution in [0.5, 0.6) is 11.5 Å². The summed E-state index contributed by atoms with van der Waals surface area (Å²) in [5.41, 5.74) is 0.999. The Kier molecular flexibility index (Phi) is 3.31. The highest BCUT2D eigenvalue weighted by molar-refractivity contribution is 5.50. The van der Waals surface area contributed by atoms with E-state index in [1.165, 1.54) is 5.56 Å². The highest BCUT2D eigenvalue weighted by atomic mass is 16.5. The Morgan fingerprint density at radius 1 is 1.50 bits per heavy atom. The van der Waals surface area contributed by atoms with E-state index in [1.807, 2.05) is 12.1 Å². The molecule has 0 radical (unpaired) electrons. The molecule has 0 saturated heterocycles. The van der Waals surface area contributed by atoms with Crippen LogP contribution in [-0.2, 0) is 6.42 Å². The third kappa shape index (κ3) is 2.88. The van der Waals surface area contributed by atoms with Crippen molar-refractivity contribution in [3.8, 4) is 17.6 Å². The number of nitriles is 1. The van der Waals surface area contributed by atoms with Gasteiger partial charge in [-0.05, 0) is 32.8 Å². The fourth-order valence-electron chi connectivity index (χ4n) is 2.53. The third-order valence-corrected chi connectivity index (χ3v) is 3.63. The minimum Gasteiger partial charge on any atom is -0.487 e. The van der Waals surface area contributed by atoms with Crippen LogP contribution in [0.15, 0.2) is 18.2 Å². The molecule has 1 aliphatic carbocycles. The molecule has 1 heterocycles. The Labute approximate surface area is 119 Å². The van der Waals surface area contributed by atoms with Crippen molar-refractivity contribution in [1.29, 1.82) is 5.26 Å². The Hall–Kier alpha value is -1.73. The van der Waals surface area contributed by atoms with Crippen molar-refractivity contribution in [3.63, 3.8) is 0 Å². The number of nitrogens with one attached hydrogen (secondary N) is 1. The zero-order chi connectivity index (χ0) is 14.2. The SMILES string of the molecule is CC1(C)Cc2cccc(OCC(C#N)NC3CC3)c2O1. The summed E-state index contributed by atoms with van der Waals surface area (Å²) in [4.78, 5) is 0. The average Bonchev–Trinajstić information content (AvgIpc) is 3.15. The lowest BCUT2D eigenvalue weighted by Gasteiger charge is -2.19. The molecule has 4 nitrogen and oxygen atoms in total. The van der Waals surface area contributed by atoms with Gasteiger partial charge in [0, 0.05) is 18.0 Å². The zero-order valence-corrected chi connectivity index (χ0v) is 12.0. The molecular weight excluding hydrogens is 252 g/mol. The minimum absolute atomic E-state index is 0.178. The summed E-state index contributed by atoms with van der Waals surface area (Å²) in [6.07, 6.45) is 3.22. The van der Waals surface area contributed by atoms with Gasteiger partial charge in [-0.3, -0.25) is 5.32 Å². The molecule has 0 aromatic heterocycles. The fourth-order valence-corrected chi connectivity index (χ4v) is 2.53. The topological polar surface area (TPSA) is 54.3 Å². The summed E-state index contributed by atoms with van der Waals surface area (Å²) in [5, 5.41) is 12.4. The van der Waals surface area contributed by atoms with E-state index in [-0.39, 0.29) is 11.6 Å². The van der Waals surface area contributed by atoms with Crippen molar-refractivity contribution < 1.29 is 9.47 Å². The molecule has 106 valence electrons. The smallest absolute Gasteiger partial charge is 0.165 e. The second kappa shape index (κ2) is 4.99. The average molecular weight is 272 g/mol. The second-order valence-corrected chi connectivity index (χ2v) is 6.22. The lowest BCUT2D eigenvalue weighted by atomic mass is 10.0. The maximum atomic E-state index is 9.13. The number of para-hydroxylation sites is 1. The second-order valence-electron chi connectivity index (χ2n) is 6.22. The summed E-state index contributed by atoms with van der Waals surface area (Å²) in [6.45, 7) is 4.50. The van der Waals surface area contributed by atoms with Gasteiger partial charge in [0.05, 0.1) is 6.07 Å². The molecule has 4 heteroatoms. The number of benzene rings is 1. The summed E-state index contributed by atoms with van der Waals surface area (Å²) in [7, 11) is 0. The molecule has 3 rings (SSSR count). The van der Waals surface area contributed by atoms with Crippen molar-refractivity contribution in [2.24, 2.45) is 0 Å². The lowest BCUT2D eigenvalue weighted by Crippen LogP contribution is -2.34. The summed E-state index contributed by atoms with van der Waals surface area (Å²) in [5.74, 6) is 1.58. The number of nitrogens with zero attached hydrogens (tertiary/aromatic N) is 1. The van der Waals surface area contributed by atoms with E-state index in [1.54, 1.807) is 0 Å². The van der Waals surface area contributed by atoms with Gasteiger partial charge >= 0.3 is 0 Å². The molecule has 1 aromatic carbocycles. The van der Waals surface area contributed by atoms with Gasteiger partial charge in [0.25, 0.3) is 0 Å². The van der Waals surface area contributed by atoms with Crippen LogP contribution in [0, 0.1) is 11.3 Å². The molecule has 1 saturated carbocycles. The Morgan fingerprint density at radius 2 is 2.30 bits per heavy atom. The number of hydrogen-bond acceptors (Lipinski definition) is 4. The molecule has 20 heavy (non-hydrogen) atoms. The Bertz CT molecular complexity index is 544. The van der Waals surface area contributed by atoms with Gasteiger partial charge in [-0.2, -0.15) is 5.26 Å². The minimum atomic E-state index is -0.257. The molecule has 0 bridgehead atoms. The lowest BCUT2D eigenvalue weighted by molar-refractivity contribution is 0.131. The van der Waals surface area contributed by atoms with Crippen LogP contribution in [0.3, 0.4) is 0 Å². The van der Waals surface area contributed by atoms with Crippen LogP contribution in [0.2, 0.25) is 0 Å². The first kappa shape index (κ1) is 13.3. The van der Waals surface area contributed by atoms with E-state index in [0.29, 0.717) is 12.6 Å². The van der Waals surface area contributed by atoms with E-state index in [2.05, 4.69) is 31.3 Å². The van der Waals surface area contributed by atoms with Gasteiger partial charge in [0.2, 0.25) is 0 Å². The molecule has 1 aromatic rings. The van der Waals surface area contributed by atoms with Crippen LogP contribution in [0.4, 0.5) is 0 Å². The predicted molar refractivity (Wildman–Crippen MR) is 75.9 cm³/mol. The van der Waals surface area contributed by atoms with E-state index in [4.69, 9.17) is 14.7 Å². The van der Waals surface area contributed by atoms with Gasteiger partial charge < -0.3 is 9.47 Å². The molecular formula is C16H20N2O2. The van der Waals surface area contributed by atoms with Gasteiger partial charge in [0.15, 0.2) is 11.5 Å². The third-order valence-electron chi connectivity index (χ3n) is 3.63. The summed E-state index contributed by atoms with van der Waals surface area (Å²) < 4.78 is 11.8. The number of ether oxygens (including phenoxy) is 2. The van der Waals surface area contributed by atoms with E-state index in [9.17, 15) is 0 Å². The zero-order valence-electron chi connectivity index (χ0n) is 12.0.